The Kier molecular flexibility index (Phi) is 4.41. The summed E-state index contributed by atoms with van der Waals surface area (Å²) in [5, 5.41) is 0.414. The molecule has 0 aliphatic heterocycles. The molecule has 0 saturated heterocycles. The minimum absolute atomic E-state index is 0.00741. The highest BCUT2D eigenvalue weighted by molar-refractivity contribution is 6.88. The predicted molar refractivity (Wildman–Crippen MR) is 83.9 cm³/mol. The van der Waals surface area contributed by atoms with Crippen molar-refractivity contribution in [1.82, 2.24) is 4.98 Å². The normalized spacial score (nSPS) is 11.4. The highest BCUT2D eigenvalue weighted by Crippen LogP contribution is 2.27. The molecule has 22 heavy (non-hydrogen) atoms. The summed E-state index contributed by atoms with van der Waals surface area (Å²) in [6.07, 6.45) is 1.40. The second-order valence-electron chi connectivity index (χ2n) is 5.93. The molecule has 2 rings (SSSR count). The van der Waals surface area contributed by atoms with Crippen molar-refractivity contribution in [3.05, 3.63) is 47.8 Å². The van der Waals surface area contributed by atoms with Gasteiger partial charge in [0.05, 0.1) is 15.2 Å². The smallest absolute Gasteiger partial charge is 0.357 e. The average Bonchev–Trinajstić information content (AvgIpc) is 2.48. The van der Waals surface area contributed by atoms with Gasteiger partial charge in [-0.3, -0.25) is 0 Å². The van der Waals surface area contributed by atoms with Crippen molar-refractivity contribution in [3.8, 4) is 11.1 Å². The number of esters is 1. The van der Waals surface area contributed by atoms with Gasteiger partial charge < -0.3 is 4.74 Å². The van der Waals surface area contributed by atoms with Crippen LogP contribution >= 0.6 is 0 Å². The van der Waals surface area contributed by atoms with E-state index >= 15 is 0 Å². The number of carbonyl (C=O) groups is 1. The van der Waals surface area contributed by atoms with Crippen LogP contribution in [0.15, 0.2) is 30.5 Å². The summed E-state index contributed by atoms with van der Waals surface area (Å²) in [5.74, 6) is -2.50. The standard InChI is InChI=1S/C16H17F2NO2Si/c1-21-16(20)15-11(6-5-9-19-15)10-7-8-12(22(2,3)4)14(18)13(10)17/h5-9H,1-4H3. The fraction of sp³-hybridized carbons (Fsp3) is 0.250. The summed E-state index contributed by atoms with van der Waals surface area (Å²) in [5.41, 5.74) is 0.185. The lowest BCUT2D eigenvalue weighted by Gasteiger charge is -2.19. The van der Waals surface area contributed by atoms with Crippen molar-refractivity contribution < 1.29 is 18.3 Å². The Morgan fingerprint density at radius 2 is 1.77 bits per heavy atom. The largest absolute Gasteiger partial charge is 0.464 e. The van der Waals surface area contributed by atoms with Gasteiger partial charge in [-0.25, -0.2) is 18.6 Å². The number of benzene rings is 1. The van der Waals surface area contributed by atoms with Crippen LogP contribution in [0.5, 0.6) is 0 Å². The molecule has 0 atom stereocenters. The summed E-state index contributed by atoms with van der Waals surface area (Å²) in [4.78, 5) is 15.6. The van der Waals surface area contributed by atoms with Crippen LogP contribution in [0.4, 0.5) is 8.78 Å². The van der Waals surface area contributed by atoms with E-state index in [0.29, 0.717) is 5.19 Å². The van der Waals surface area contributed by atoms with Gasteiger partial charge in [-0.15, -0.1) is 0 Å². The number of pyridine rings is 1. The molecule has 0 unspecified atom stereocenters. The Hall–Kier alpha value is -2.08. The summed E-state index contributed by atoms with van der Waals surface area (Å²) >= 11 is 0. The minimum atomic E-state index is -2.00. The number of rotatable bonds is 3. The Morgan fingerprint density at radius 1 is 1.09 bits per heavy atom. The van der Waals surface area contributed by atoms with Crippen molar-refractivity contribution in [1.29, 1.82) is 0 Å². The van der Waals surface area contributed by atoms with Gasteiger partial charge in [-0.2, -0.15) is 0 Å². The second-order valence-corrected chi connectivity index (χ2v) is 11.0. The van der Waals surface area contributed by atoms with E-state index in [2.05, 4.69) is 9.72 Å². The zero-order valence-electron chi connectivity index (χ0n) is 12.9. The lowest BCUT2D eigenvalue weighted by Crippen LogP contribution is -2.40. The molecule has 0 bridgehead atoms. The van der Waals surface area contributed by atoms with Crippen LogP contribution in [-0.4, -0.2) is 26.1 Å². The van der Waals surface area contributed by atoms with Gasteiger partial charge >= 0.3 is 5.97 Å². The van der Waals surface area contributed by atoms with Crippen LogP contribution < -0.4 is 5.19 Å². The van der Waals surface area contributed by atoms with Crippen molar-refractivity contribution in [2.45, 2.75) is 19.6 Å². The highest BCUT2D eigenvalue weighted by atomic mass is 28.3. The van der Waals surface area contributed by atoms with Crippen LogP contribution in [0.1, 0.15) is 10.5 Å². The first-order valence-electron chi connectivity index (χ1n) is 6.79. The number of nitrogens with zero attached hydrogens (tertiary/aromatic N) is 1. The highest BCUT2D eigenvalue weighted by Gasteiger charge is 2.26. The number of hydrogen-bond acceptors (Lipinski definition) is 3. The topological polar surface area (TPSA) is 39.2 Å². The molecule has 0 radical (unpaired) electrons. The van der Waals surface area contributed by atoms with E-state index in [-0.39, 0.29) is 16.8 Å². The van der Waals surface area contributed by atoms with Crippen LogP contribution in [-0.2, 0) is 4.74 Å². The number of aromatic nitrogens is 1. The van der Waals surface area contributed by atoms with Crippen LogP contribution in [0, 0.1) is 11.6 Å². The number of halogens is 2. The van der Waals surface area contributed by atoms with E-state index in [1.807, 2.05) is 19.6 Å². The van der Waals surface area contributed by atoms with Gasteiger partial charge in [0.25, 0.3) is 0 Å². The molecule has 1 aromatic carbocycles. The van der Waals surface area contributed by atoms with Crippen molar-refractivity contribution >= 4 is 19.2 Å². The predicted octanol–water partition coefficient (Wildman–Crippen LogP) is 3.36. The Labute approximate surface area is 129 Å². The van der Waals surface area contributed by atoms with Gasteiger partial charge in [0.2, 0.25) is 0 Å². The number of methoxy groups -OCH3 is 1. The molecule has 0 fully saturated rings. The molecule has 0 spiro atoms. The molecule has 0 saturated carbocycles. The van der Waals surface area contributed by atoms with Crippen molar-refractivity contribution in [2.75, 3.05) is 7.11 Å². The van der Waals surface area contributed by atoms with Gasteiger partial charge in [-0.1, -0.05) is 37.8 Å². The van der Waals surface area contributed by atoms with E-state index < -0.39 is 25.7 Å². The van der Waals surface area contributed by atoms with Gasteiger partial charge in [0.1, 0.15) is 0 Å². The van der Waals surface area contributed by atoms with Gasteiger partial charge in [0, 0.05) is 17.3 Å². The first-order valence-corrected chi connectivity index (χ1v) is 10.3. The van der Waals surface area contributed by atoms with Crippen LogP contribution in [0.2, 0.25) is 19.6 Å². The number of hydrogen-bond donors (Lipinski definition) is 0. The Bertz CT molecular complexity index is 727. The second kappa shape index (κ2) is 5.96. The zero-order valence-corrected chi connectivity index (χ0v) is 13.9. The van der Waals surface area contributed by atoms with Crippen molar-refractivity contribution in [3.63, 3.8) is 0 Å². The summed E-state index contributed by atoms with van der Waals surface area (Å²) < 4.78 is 33.5. The molecule has 0 aliphatic rings. The van der Waals surface area contributed by atoms with Gasteiger partial charge in [0.15, 0.2) is 17.3 Å². The van der Waals surface area contributed by atoms with Crippen LogP contribution in [0.3, 0.4) is 0 Å². The number of carbonyl (C=O) groups excluding carboxylic acids is 1. The summed E-state index contributed by atoms with van der Waals surface area (Å²) in [6, 6.07) is 6.17. The molecule has 1 heterocycles. The Balaban J connectivity index is 2.66. The maximum atomic E-state index is 14.5. The third-order valence-corrected chi connectivity index (χ3v) is 5.37. The lowest BCUT2D eigenvalue weighted by atomic mass is 10.0. The third kappa shape index (κ3) is 2.92. The molecule has 116 valence electrons. The van der Waals surface area contributed by atoms with Crippen LogP contribution in [0.25, 0.3) is 11.1 Å². The van der Waals surface area contributed by atoms with E-state index in [0.717, 1.165) is 0 Å². The third-order valence-electron chi connectivity index (χ3n) is 3.37. The quantitative estimate of drug-likeness (QED) is 0.643. The average molecular weight is 321 g/mol. The minimum Gasteiger partial charge on any atom is -0.464 e. The van der Waals surface area contributed by atoms with E-state index in [1.54, 1.807) is 12.1 Å². The fourth-order valence-corrected chi connectivity index (χ4v) is 3.57. The van der Waals surface area contributed by atoms with E-state index in [4.69, 9.17) is 0 Å². The first kappa shape index (κ1) is 16.3. The zero-order chi connectivity index (χ0) is 16.5. The maximum Gasteiger partial charge on any atom is 0.357 e. The molecule has 1 aromatic heterocycles. The fourth-order valence-electron chi connectivity index (χ4n) is 2.22. The molecule has 0 amide bonds. The molecular formula is C16H17F2NO2Si. The molecule has 3 nitrogen and oxygen atoms in total. The Morgan fingerprint density at radius 3 is 2.36 bits per heavy atom. The molecule has 0 N–H and O–H groups in total. The molecule has 2 aromatic rings. The summed E-state index contributed by atoms with van der Waals surface area (Å²) in [6.45, 7) is 5.82. The SMILES string of the molecule is COC(=O)c1ncccc1-c1ccc([Si](C)(C)C)c(F)c1F. The monoisotopic (exact) mass is 321 g/mol. The molecule has 6 heteroatoms. The first-order chi connectivity index (χ1) is 10.3. The maximum absolute atomic E-state index is 14.5. The summed E-state index contributed by atoms with van der Waals surface area (Å²) in [7, 11) is -0.783. The molecule has 0 aliphatic carbocycles. The van der Waals surface area contributed by atoms with E-state index in [9.17, 15) is 13.6 Å². The molecular weight excluding hydrogens is 304 g/mol. The lowest BCUT2D eigenvalue weighted by molar-refractivity contribution is 0.0595. The van der Waals surface area contributed by atoms with Crippen molar-refractivity contribution in [2.24, 2.45) is 0 Å². The number of ether oxygens (including phenoxy) is 1. The van der Waals surface area contributed by atoms with Gasteiger partial charge in [-0.05, 0) is 11.3 Å². The van der Waals surface area contributed by atoms with E-state index in [1.165, 1.54) is 25.4 Å².